The zero-order valence-corrected chi connectivity index (χ0v) is 11.4. The summed E-state index contributed by atoms with van der Waals surface area (Å²) >= 11 is 7.78. The molecule has 0 saturated carbocycles. The lowest BCUT2D eigenvalue weighted by Crippen LogP contribution is -2.25. The molecule has 0 aliphatic rings. The molecule has 0 aliphatic heterocycles. The van der Waals surface area contributed by atoms with Gasteiger partial charge >= 0.3 is 0 Å². The molecule has 1 aromatic carbocycles. The van der Waals surface area contributed by atoms with Crippen LogP contribution in [0.15, 0.2) is 23.6 Å². The summed E-state index contributed by atoms with van der Waals surface area (Å²) in [7, 11) is 0. The smallest absolute Gasteiger partial charge is 0.0558 e. The Bertz CT molecular complexity index is 497. The third kappa shape index (κ3) is 2.99. The topological polar surface area (TPSA) is 23.5 Å². The molecule has 0 unspecified atom stereocenters. The summed E-state index contributed by atoms with van der Waals surface area (Å²) in [4.78, 5) is 2.22. The van der Waals surface area contributed by atoms with Crippen molar-refractivity contribution in [3.63, 3.8) is 0 Å². The fourth-order valence-corrected chi connectivity index (χ4v) is 3.01. The number of hydrogen-bond acceptors (Lipinski definition) is 3. The first-order valence-electron chi connectivity index (χ1n) is 5.73. The van der Waals surface area contributed by atoms with Crippen LogP contribution in [0, 0.1) is 0 Å². The molecular formula is C13H16ClNOS. The van der Waals surface area contributed by atoms with Crippen molar-refractivity contribution in [2.24, 2.45) is 0 Å². The molecule has 0 bridgehead atoms. The molecule has 1 N–H and O–H groups in total. The Morgan fingerprint density at radius 3 is 2.94 bits per heavy atom. The number of aliphatic hydroxyl groups is 1. The first-order chi connectivity index (χ1) is 8.24. The quantitative estimate of drug-likeness (QED) is 0.900. The van der Waals surface area contributed by atoms with Gasteiger partial charge in [-0.25, -0.2) is 0 Å². The summed E-state index contributed by atoms with van der Waals surface area (Å²) in [5, 5.41) is 13.2. The van der Waals surface area contributed by atoms with Gasteiger partial charge in [0.25, 0.3) is 0 Å². The van der Waals surface area contributed by atoms with Crippen LogP contribution in [0.3, 0.4) is 0 Å². The monoisotopic (exact) mass is 269 g/mol. The maximum absolute atomic E-state index is 8.99. The van der Waals surface area contributed by atoms with Gasteiger partial charge in [0, 0.05) is 22.8 Å². The Labute approximate surface area is 110 Å². The molecule has 4 heteroatoms. The number of benzene rings is 1. The first kappa shape index (κ1) is 12.8. The molecule has 0 saturated heterocycles. The van der Waals surface area contributed by atoms with Crippen molar-refractivity contribution in [1.82, 2.24) is 4.90 Å². The summed E-state index contributed by atoms with van der Waals surface area (Å²) in [6, 6.07) is 6.01. The average molecular weight is 270 g/mol. The second-order valence-electron chi connectivity index (χ2n) is 3.99. The molecule has 2 aromatic rings. The maximum atomic E-state index is 8.99. The zero-order chi connectivity index (χ0) is 12.3. The number of rotatable bonds is 5. The zero-order valence-electron chi connectivity index (χ0n) is 9.82. The molecule has 0 radical (unpaired) electrons. The van der Waals surface area contributed by atoms with E-state index in [4.69, 9.17) is 16.7 Å². The molecule has 92 valence electrons. The van der Waals surface area contributed by atoms with Gasteiger partial charge in [0.2, 0.25) is 0 Å². The van der Waals surface area contributed by atoms with Crippen LogP contribution < -0.4 is 0 Å². The van der Waals surface area contributed by atoms with Crippen LogP contribution in [-0.2, 0) is 6.54 Å². The lowest BCUT2D eigenvalue weighted by Gasteiger charge is -2.18. The van der Waals surface area contributed by atoms with Gasteiger partial charge in [-0.2, -0.15) is 0 Å². The van der Waals surface area contributed by atoms with Gasteiger partial charge in [-0.1, -0.05) is 18.5 Å². The molecule has 0 spiro atoms. The highest BCUT2D eigenvalue weighted by Gasteiger charge is 2.08. The highest BCUT2D eigenvalue weighted by Crippen LogP contribution is 2.29. The lowest BCUT2D eigenvalue weighted by atomic mass is 10.1. The number of hydrogen-bond donors (Lipinski definition) is 1. The lowest BCUT2D eigenvalue weighted by molar-refractivity contribution is 0.197. The van der Waals surface area contributed by atoms with E-state index >= 15 is 0 Å². The van der Waals surface area contributed by atoms with Crippen molar-refractivity contribution < 1.29 is 5.11 Å². The molecular weight excluding hydrogens is 254 g/mol. The largest absolute Gasteiger partial charge is 0.395 e. The van der Waals surface area contributed by atoms with Gasteiger partial charge < -0.3 is 5.11 Å². The van der Waals surface area contributed by atoms with E-state index < -0.39 is 0 Å². The number of thiophene rings is 1. The summed E-state index contributed by atoms with van der Waals surface area (Å²) < 4.78 is 1.27. The maximum Gasteiger partial charge on any atom is 0.0558 e. The van der Waals surface area contributed by atoms with E-state index in [1.165, 1.54) is 15.6 Å². The van der Waals surface area contributed by atoms with Crippen LogP contribution in [0.25, 0.3) is 10.1 Å². The number of aliphatic hydroxyl groups excluding tert-OH is 1. The number of fused-ring (bicyclic) bond motifs is 1. The standard InChI is InChI=1S/C13H16ClNOS/c1-2-15(5-6-16)8-10-9-17-13-4-3-11(14)7-12(10)13/h3-4,7,9,16H,2,5-6,8H2,1H3. The Kier molecular flexibility index (Phi) is 4.40. The highest BCUT2D eigenvalue weighted by atomic mass is 35.5. The van der Waals surface area contributed by atoms with Gasteiger partial charge in [-0.3, -0.25) is 4.90 Å². The van der Waals surface area contributed by atoms with E-state index in [1.54, 1.807) is 11.3 Å². The van der Waals surface area contributed by atoms with Gasteiger partial charge in [0.05, 0.1) is 6.61 Å². The van der Waals surface area contributed by atoms with Crippen LogP contribution in [0.2, 0.25) is 5.02 Å². The second kappa shape index (κ2) is 5.83. The van der Waals surface area contributed by atoms with Gasteiger partial charge in [0.15, 0.2) is 0 Å². The van der Waals surface area contributed by atoms with Crippen LogP contribution >= 0.6 is 22.9 Å². The van der Waals surface area contributed by atoms with Gasteiger partial charge in [-0.05, 0) is 41.1 Å². The molecule has 2 rings (SSSR count). The Morgan fingerprint density at radius 2 is 2.24 bits per heavy atom. The third-order valence-electron chi connectivity index (χ3n) is 2.87. The van der Waals surface area contributed by atoms with Crippen molar-refractivity contribution in [2.45, 2.75) is 13.5 Å². The van der Waals surface area contributed by atoms with E-state index in [9.17, 15) is 0 Å². The molecule has 1 heterocycles. The fraction of sp³-hybridized carbons (Fsp3) is 0.385. The summed E-state index contributed by atoms with van der Waals surface area (Å²) in [6.07, 6.45) is 0. The minimum atomic E-state index is 0.205. The van der Waals surface area contributed by atoms with E-state index in [2.05, 4.69) is 23.3 Å². The van der Waals surface area contributed by atoms with Crippen molar-refractivity contribution >= 4 is 33.0 Å². The summed E-state index contributed by atoms with van der Waals surface area (Å²) in [5.41, 5.74) is 1.29. The minimum absolute atomic E-state index is 0.205. The van der Waals surface area contributed by atoms with E-state index in [0.29, 0.717) is 6.54 Å². The van der Waals surface area contributed by atoms with Crippen molar-refractivity contribution in [3.8, 4) is 0 Å². The van der Waals surface area contributed by atoms with Crippen LogP contribution in [0.5, 0.6) is 0 Å². The van der Waals surface area contributed by atoms with Gasteiger partial charge in [0.1, 0.15) is 0 Å². The van der Waals surface area contributed by atoms with Crippen LogP contribution in [0.4, 0.5) is 0 Å². The van der Waals surface area contributed by atoms with E-state index in [0.717, 1.165) is 18.1 Å². The number of nitrogens with zero attached hydrogens (tertiary/aromatic N) is 1. The van der Waals surface area contributed by atoms with Crippen LogP contribution in [0.1, 0.15) is 12.5 Å². The number of halogens is 1. The molecule has 1 aromatic heterocycles. The number of likely N-dealkylation sites (N-methyl/N-ethyl adjacent to an activating group) is 1. The Morgan fingerprint density at radius 1 is 1.41 bits per heavy atom. The van der Waals surface area contributed by atoms with Gasteiger partial charge in [-0.15, -0.1) is 11.3 Å². The molecule has 2 nitrogen and oxygen atoms in total. The second-order valence-corrected chi connectivity index (χ2v) is 5.34. The SMILES string of the molecule is CCN(CCO)Cc1csc2ccc(Cl)cc12. The minimum Gasteiger partial charge on any atom is -0.395 e. The molecule has 0 aliphatic carbocycles. The molecule has 0 fully saturated rings. The summed E-state index contributed by atoms with van der Waals surface area (Å²) in [5.74, 6) is 0. The predicted molar refractivity (Wildman–Crippen MR) is 74.9 cm³/mol. The van der Waals surface area contributed by atoms with Crippen molar-refractivity contribution in [2.75, 3.05) is 19.7 Å². The van der Waals surface area contributed by atoms with E-state index in [1.807, 2.05) is 12.1 Å². The molecule has 17 heavy (non-hydrogen) atoms. The normalized spacial score (nSPS) is 11.5. The first-order valence-corrected chi connectivity index (χ1v) is 6.99. The average Bonchev–Trinajstić information content (AvgIpc) is 2.71. The van der Waals surface area contributed by atoms with Crippen molar-refractivity contribution in [1.29, 1.82) is 0 Å². The van der Waals surface area contributed by atoms with E-state index in [-0.39, 0.29) is 6.61 Å². The van der Waals surface area contributed by atoms with Crippen LogP contribution in [-0.4, -0.2) is 29.7 Å². The third-order valence-corrected chi connectivity index (χ3v) is 4.12. The predicted octanol–water partition coefficient (Wildman–Crippen LogP) is 3.37. The van der Waals surface area contributed by atoms with Crippen molar-refractivity contribution in [3.05, 3.63) is 34.2 Å². The fourth-order valence-electron chi connectivity index (χ4n) is 1.91. The summed E-state index contributed by atoms with van der Waals surface area (Å²) in [6.45, 7) is 4.85. The molecule has 0 amide bonds. The highest BCUT2D eigenvalue weighted by molar-refractivity contribution is 7.17. The molecule has 0 atom stereocenters. The Hall–Kier alpha value is -0.610. The Balaban J connectivity index is 2.26.